The van der Waals surface area contributed by atoms with Crippen molar-refractivity contribution in [2.75, 3.05) is 13.2 Å². The summed E-state index contributed by atoms with van der Waals surface area (Å²) in [7, 11) is 0. The summed E-state index contributed by atoms with van der Waals surface area (Å²) in [6.45, 7) is 3.41. The molecule has 0 aromatic heterocycles. The van der Waals surface area contributed by atoms with Crippen molar-refractivity contribution in [3.8, 4) is 11.8 Å². The zero-order chi connectivity index (χ0) is 13.5. The minimum Gasteiger partial charge on any atom is -0.493 e. The lowest BCUT2D eigenvalue weighted by molar-refractivity contribution is 0.298. The van der Waals surface area contributed by atoms with Crippen LogP contribution in [0.4, 0.5) is 0 Å². The average Bonchev–Trinajstić information content (AvgIpc) is 2.46. The van der Waals surface area contributed by atoms with Crippen molar-refractivity contribution in [2.24, 2.45) is 0 Å². The lowest BCUT2D eigenvalue weighted by atomic mass is 9.92. The third-order valence-corrected chi connectivity index (χ3v) is 3.60. The molecule has 3 nitrogen and oxygen atoms in total. The largest absolute Gasteiger partial charge is 0.493 e. The van der Waals surface area contributed by atoms with Crippen LogP contribution in [0.25, 0.3) is 0 Å². The summed E-state index contributed by atoms with van der Waals surface area (Å²) in [5.74, 6) is 0.939. The molecule has 1 atom stereocenters. The second kappa shape index (κ2) is 7.16. The number of nitrogens with zero attached hydrogens (tertiary/aromatic N) is 1. The van der Waals surface area contributed by atoms with Gasteiger partial charge in [0.1, 0.15) is 5.75 Å². The Morgan fingerprint density at radius 1 is 1.32 bits per heavy atom. The minimum atomic E-state index is -0.109. The summed E-state index contributed by atoms with van der Waals surface area (Å²) in [5.41, 5.74) is 2.91. The number of hydrogen-bond donors (Lipinski definition) is 1. The molecule has 102 valence electrons. The molecule has 0 amide bonds. The molecular formula is C16H22N2O. The normalized spacial score (nSPS) is 15.4. The number of fused-ring (bicyclic) bond motifs is 1. The Morgan fingerprint density at radius 2 is 2.11 bits per heavy atom. The molecule has 0 bridgehead atoms. The van der Waals surface area contributed by atoms with E-state index in [1.807, 2.05) is 6.92 Å². The van der Waals surface area contributed by atoms with E-state index in [0.717, 1.165) is 18.7 Å². The molecule has 1 aliphatic rings. The Labute approximate surface area is 115 Å². The lowest BCUT2D eigenvalue weighted by Gasteiger charge is -2.17. The molecule has 0 saturated carbocycles. The fourth-order valence-corrected chi connectivity index (χ4v) is 2.55. The highest BCUT2D eigenvalue weighted by molar-refractivity contribution is 5.37. The van der Waals surface area contributed by atoms with Crippen molar-refractivity contribution in [2.45, 2.75) is 45.1 Å². The summed E-state index contributed by atoms with van der Waals surface area (Å²) in [5, 5.41) is 12.1. The standard InChI is InChI=1S/C16H22N2O/c1-2-18-15(12-17)9-10-19-16-8-7-13-5-3-4-6-14(13)11-16/h7-8,11,15,18H,2-6,9-10H2,1H3. The molecule has 0 heterocycles. The van der Waals surface area contributed by atoms with Crippen LogP contribution in [0.3, 0.4) is 0 Å². The monoisotopic (exact) mass is 258 g/mol. The summed E-state index contributed by atoms with van der Waals surface area (Å²) < 4.78 is 5.76. The molecular weight excluding hydrogens is 236 g/mol. The van der Waals surface area contributed by atoms with Gasteiger partial charge in [-0.25, -0.2) is 0 Å². The average molecular weight is 258 g/mol. The van der Waals surface area contributed by atoms with Gasteiger partial charge in [0.15, 0.2) is 0 Å². The summed E-state index contributed by atoms with van der Waals surface area (Å²) in [6, 6.07) is 8.55. The van der Waals surface area contributed by atoms with E-state index in [4.69, 9.17) is 10.00 Å². The van der Waals surface area contributed by atoms with Gasteiger partial charge in [-0.05, 0) is 55.5 Å². The third kappa shape index (κ3) is 3.97. The predicted octanol–water partition coefficient (Wildman–Crippen LogP) is 2.84. The molecule has 0 radical (unpaired) electrons. The van der Waals surface area contributed by atoms with E-state index in [-0.39, 0.29) is 6.04 Å². The lowest BCUT2D eigenvalue weighted by Crippen LogP contribution is -2.28. The van der Waals surface area contributed by atoms with Crippen molar-refractivity contribution < 1.29 is 4.74 Å². The van der Waals surface area contributed by atoms with Crippen molar-refractivity contribution >= 4 is 0 Å². The van der Waals surface area contributed by atoms with Crippen LogP contribution >= 0.6 is 0 Å². The van der Waals surface area contributed by atoms with Crippen LogP contribution in [-0.4, -0.2) is 19.2 Å². The van der Waals surface area contributed by atoms with Gasteiger partial charge in [0.25, 0.3) is 0 Å². The van der Waals surface area contributed by atoms with Gasteiger partial charge in [0.05, 0.1) is 18.7 Å². The van der Waals surface area contributed by atoms with Gasteiger partial charge in [0.2, 0.25) is 0 Å². The first-order chi connectivity index (χ1) is 9.33. The first-order valence-electron chi connectivity index (χ1n) is 7.21. The van der Waals surface area contributed by atoms with E-state index in [0.29, 0.717) is 6.61 Å². The third-order valence-electron chi connectivity index (χ3n) is 3.60. The van der Waals surface area contributed by atoms with Crippen molar-refractivity contribution in [1.82, 2.24) is 5.32 Å². The SMILES string of the molecule is CCNC(C#N)CCOc1ccc2c(c1)CCCC2. The predicted molar refractivity (Wildman–Crippen MR) is 76.3 cm³/mol. The van der Waals surface area contributed by atoms with Gasteiger partial charge in [-0.2, -0.15) is 5.26 Å². The number of benzene rings is 1. The summed E-state index contributed by atoms with van der Waals surface area (Å²) >= 11 is 0. The van der Waals surface area contributed by atoms with E-state index in [1.54, 1.807) is 0 Å². The second-order valence-corrected chi connectivity index (χ2v) is 5.01. The van der Waals surface area contributed by atoms with Crippen LogP contribution in [0, 0.1) is 11.3 Å². The molecule has 0 spiro atoms. The Morgan fingerprint density at radius 3 is 2.84 bits per heavy atom. The number of rotatable bonds is 6. The van der Waals surface area contributed by atoms with Crippen LogP contribution in [0.2, 0.25) is 0 Å². The maximum absolute atomic E-state index is 8.94. The Balaban J connectivity index is 1.85. The zero-order valence-corrected chi connectivity index (χ0v) is 11.6. The maximum Gasteiger partial charge on any atom is 0.119 e. The molecule has 0 saturated heterocycles. The Bertz CT molecular complexity index is 451. The molecule has 0 fully saturated rings. The molecule has 2 rings (SSSR count). The summed E-state index contributed by atoms with van der Waals surface area (Å²) in [4.78, 5) is 0. The molecule has 1 aromatic carbocycles. The molecule has 3 heteroatoms. The number of ether oxygens (including phenoxy) is 1. The first-order valence-corrected chi connectivity index (χ1v) is 7.21. The van der Waals surface area contributed by atoms with E-state index >= 15 is 0 Å². The van der Waals surface area contributed by atoms with Crippen molar-refractivity contribution in [3.63, 3.8) is 0 Å². The minimum absolute atomic E-state index is 0.109. The van der Waals surface area contributed by atoms with Crippen molar-refractivity contribution in [1.29, 1.82) is 5.26 Å². The number of hydrogen-bond acceptors (Lipinski definition) is 3. The van der Waals surface area contributed by atoms with Gasteiger partial charge >= 0.3 is 0 Å². The van der Waals surface area contributed by atoms with Crippen LogP contribution in [0.5, 0.6) is 5.75 Å². The van der Waals surface area contributed by atoms with Gasteiger partial charge in [-0.1, -0.05) is 13.0 Å². The fourth-order valence-electron chi connectivity index (χ4n) is 2.55. The van der Waals surface area contributed by atoms with E-state index < -0.39 is 0 Å². The number of aryl methyl sites for hydroxylation is 2. The van der Waals surface area contributed by atoms with Gasteiger partial charge in [0, 0.05) is 6.42 Å². The molecule has 1 N–H and O–H groups in total. The second-order valence-electron chi connectivity index (χ2n) is 5.01. The highest BCUT2D eigenvalue weighted by Gasteiger charge is 2.10. The van der Waals surface area contributed by atoms with Gasteiger partial charge in [-0.3, -0.25) is 0 Å². The van der Waals surface area contributed by atoms with Crippen LogP contribution in [-0.2, 0) is 12.8 Å². The fraction of sp³-hybridized carbons (Fsp3) is 0.562. The topological polar surface area (TPSA) is 45.0 Å². The zero-order valence-electron chi connectivity index (χ0n) is 11.6. The smallest absolute Gasteiger partial charge is 0.119 e. The number of nitriles is 1. The van der Waals surface area contributed by atoms with Crippen LogP contribution in [0.15, 0.2) is 18.2 Å². The van der Waals surface area contributed by atoms with Gasteiger partial charge in [-0.15, -0.1) is 0 Å². The van der Waals surface area contributed by atoms with Crippen LogP contribution in [0.1, 0.15) is 37.3 Å². The quantitative estimate of drug-likeness (QED) is 0.853. The van der Waals surface area contributed by atoms with Crippen LogP contribution < -0.4 is 10.1 Å². The molecule has 1 aliphatic carbocycles. The van der Waals surface area contributed by atoms with Gasteiger partial charge < -0.3 is 10.1 Å². The Kier molecular flexibility index (Phi) is 5.23. The number of nitrogens with one attached hydrogen (secondary N) is 1. The maximum atomic E-state index is 8.94. The molecule has 1 aromatic rings. The highest BCUT2D eigenvalue weighted by Crippen LogP contribution is 2.25. The molecule has 19 heavy (non-hydrogen) atoms. The summed E-state index contributed by atoms with van der Waals surface area (Å²) in [6.07, 6.45) is 5.69. The first kappa shape index (κ1) is 13.9. The molecule has 1 unspecified atom stereocenters. The Hall–Kier alpha value is -1.53. The van der Waals surface area contributed by atoms with Crippen molar-refractivity contribution in [3.05, 3.63) is 29.3 Å². The molecule has 0 aliphatic heterocycles. The van der Waals surface area contributed by atoms with E-state index in [1.165, 1.54) is 36.8 Å². The van der Waals surface area contributed by atoms with E-state index in [9.17, 15) is 0 Å². The van der Waals surface area contributed by atoms with E-state index in [2.05, 4.69) is 29.6 Å². The highest BCUT2D eigenvalue weighted by atomic mass is 16.5.